The second-order valence-electron chi connectivity index (χ2n) is 11.1. The number of fused-ring (bicyclic) bond motifs is 2. The Balaban J connectivity index is 0.00000500. The lowest BCUT2D eigenvalue weighted by molar-refractivity contribution is -0.153. The number of halogens is 4. The fourth-order valence-electron chi connectivity index (χ4n) is 5.30. The highest BCUT2D eigenvalue weighted by molar-refractivity contribution is 6.12. The number of pyridine rings is 1. The van der Waals surface area contributed by atoms with E-state index in [0.29, 0.717) is 45.5 Å². The van der Waals surface area contributed by atoms with Gasteiger partial charge in [0.2, 0.25) is 5.91 Å². The smallest absolute Gasteiger partial charge is 0.422 e. The molecule has 2 amide bonds. The fraction of sp³-hybridized carbons (Fsp3) is 0.294. The summed E-state index contributed by atoms with van der Waals surface area (Å²) in [7, 11) is 1.79. The summed E-state index contributed by atoms with van der Waals surface area (Å²) in [6, 6.07) is 19.3. The number of rotatable bonds is 10. The van der Waals surface area contributed by atoms with Gasteiger partial charge in [0.1, 0.15) is 11.8 Å². The summed E-state index contributed by atoms with van der Waals surface area (Å²) in [6.07, 6.45) is -3.35. The van der Waals surface area contributed by atoms with Gasteiger partial charge in [-0.15, -0.1) is 12.4 Å². The molecule has 1 aliphatic heterocycles. The molecule has 2 atom stereocenters. The third-order valence-electron chi connectivity index (χ3n) is 7.89. The van der Waals surface area contributed by atoms with E-state index in [-0.39, 0.29) is 54.9 Å². The first-order valence-corrected chi connectivity index (χ1v) is 14.8. The molecule has 0 aliphatic carbocycles. The van der Waals surface area contributed by atoms with Gasteiger partial charge in [-0.2, -0.15) is 13.2 Å². The van der Waals surface area contributed by atoms with Crippen LogP contribution in [0.3, 0.4) is 0 Å². The summed E-state index contributed by atoms with van der Waals surface area (Å²) in [6.45, 7) is 2.07. The molecule has 2 heterocycles. The van der Waals surface area contributed by atoms with E-state index in [2.05, 4.69) is 15.6 Å². The summed E-state index contributed by atoms with van der Waals surface area (Å²) in [5, 5.41) is 6.94. The topological polar surface area (TPSA) is 104 Å². The van der Waals surface area contributed by atoms with E-state index < -0.39 is 18.8 Å². The van der Waals surface area contributed by atoms with Gasteiger partial charge in [-0.1, -0.05) is 42.5 Å². The second-order valence-corrected chi connectivity index (χ2v) is 11.1. The lowest BCUT2D eigenvalue weighted by Crippen LogP contribution is -2.53. The third kappa shape index (κ3) is 8.07. The van der Waals surface area contributed by atoms with Gasteiger partial charge in [0.05, 0.1) is 36.2 Å². The SMILES string of the molecule is CN[C@@H](C)CN[C@H]1CN(C(=O)c2ccc(C(C)=O)cc2)c2ccccc2N(Cc2c(OCC(F)(F)F)cnc3ccccc23)C1=O.Cl. The summed E-state index contributed by atoms with van der Waals surface area (Å²) in [5.41, 5.74) is 2.50. The van der Waals surface area contributed by atoms with Crippen LogP contribution in [0.25, 0.3) is 10.9 Å². The number of nitrogens with one attached hydrogen (secondary N) is 2. The van der Waals surface area contributed by atoms with Gasteiger partial charge >= 0.3 is 6.18 Å². The monoisotopic (exact) mass is 669 g/mol. The number of hydrogen-bond donors (Lipinski definition) is 2. The molecule has 0 radical (unpaired) electrons. The maximum absolute atomic E-state index is 14.4. The van der Waals surface area contributed by atoms with Crippen molar-refractivity contribution >= 4 is 52.3 Å². The van der Waals surface area contributed by atoms with Gasteiger partial charge < -0.3 is 25.2 Å². The molecule has 0 spiro atoms. The molecule has 3 aromatic carbocycles. The third-order valence-corrected chi connectivity index (χ3v) is 7.89. The minimum absolute atomic E-state index is 0. The molecule has 13 heteroatoms. The van der Waals surface area contributed by atoms with Crippen molar-refractivity contribution in [1.82, 2.24) is 15.6 Å². The van der Waals surface area contributed by atoms with Gasteiger partial charge in [0.25, 0.3) is 5.91 Å². The summed E-state index contributed by atoms with van der Waals surface area (Å²) in [5.74, 6) is -0.988. The van der Waals surface area contributed by atoms with Crippen LogP contribution in [-0.4, -0.2) is 67.6 Å². The van der Waals surface area contributed by atoms with Gasteiger partial charge in [0.15, 0.2) is 12.4 Å². The number of likely N-dealkylation sites (N-methyl/N-ethyl adjacent to an activating group) is 1. The predicted molar refractivity (Wildman–Crippen MR) is 177 cm³/mol. The first-order chi connectivity index (χ1) is 22.0. The summed E-state index contributed by atoms with van der Waals surface area (Å²) < 4.78 is 44.9. The van der Waals surface area contributed by atoms with Crippen molar-refractivity contribution in [1.29, 1.82) is 0 Å². The highest BCUT2D eigenvalue weighted by Gasteiger charge is 2.37. The molecule has 1 aliphatic rings. The molecule has 9 nitrogen and oxygen atoms in total. The molecule has 47 heavy (non-hydrogen) atoms. The van der Waals surface area contributed by atoms with Crippen molar-refractivity contribution in [3.05, 3.63) is 95.7 Å². The Bertz CT molecular complexity index is 1750. The molecular formula is C34H35ClF3N5O4. The average Bonchev–Trinajstić information content (AvgIpc) is 3.16. The molecule has 248 valence electrons. The van der Waals surface area contributed by atoms with E-state index >= 15 is 0 Å². The molecule has 1 aromatic heterocycles. The largest absolute Gasteiger partial charge is 0.482 e. The fourth-order valence-corrected chi connectivity index (χ4v) is 5.30. The van der Waals surface area contributed by atoms with Crippen LogP contribution in [0.15, 0.2) is 79.0 Å². The first-order valence-electron chi connectivity index (χ1n) is 14.8. The number of alkyl halides is 3. The summed E-state index contributed by atoms with van der Waals surface area (Å²) in [4.78, 5) is 47.6. The van der Waals surface area contributed by atoms with Crippen molar-refractivity contribution in [2.45, 2.75) is 38.7 Å². The maximum Gasteiger partial charge on any atom is 0.422 e. The van der Waals surface area contributed by atoms with Crippen LogP contribution in [0.5, 0.6) is 5.75 Å². The number of ketones is 1. The quantitative estimate of drug-likeness (QED) is 0.213. The molecule has 5 rings (SSSR count). The molecular weight excluding hydrogens is 635 g/mol. The number of anilines is 2. The lowest BCUT2D eigenvalue weighted by atomic mass is 10.1. The van der Waals surface area contributed by atoms with Crippen LogP contribution in [-0.2, 0) is 11.3 Å². The average molecular weight is 670 g/mol. The number of aromatic nitrogens is 1. The van der Waals surface area contributed by atoms with E-state index in [4.69, 9.17) is 4.74 Å². The second kappa shape index (κ2) is 14.9. The Kier molecular flexibility index (Phi) is 11.2. The van der Waals surface area contributed by atoms with E-state index in [9.17, 15) is 27.6 Å². The van der Waals surface area contributed by atoms with Crippen molar-refractivity contribution < 1.29 is 32.3 Å². The molecule has 4 aromatic rings. The minimum Gasteiger partial charge on any atom is -0.482 e. The molecule has 0 unspecified atom stereocenters. The molecule has 0 saturated heterocycles. The van der Waals surface area contributed by atoms with E-state index in [1.807, 2.05) is 6.92 Å². The van der Waals surface area contributed by atoms with Gasteiger partial charge in [-0.05, 0) is 51.2 Å². The molecule has 2 N–H and O–H groups in total. The number of Topliss-reactive ketones (excluding diaryl/α,β-unsaturated/α-hetero) is 1. The highest BCUT2D eigenvalue weighted by atomic mass is 35.5. The Morgan fingerprint density at radius 3 is 2.30 bits per heavy atom. The van der Waals surface area contributed by atoms with Crippen LogP contribution in [0.1, 0.15) is 40.1 Å². The number of benzene rings is 3. The van der Waals surface area contributed by atoms with Crippen molar-refractivity contribution in [3.8, 4) is 5.75 Å². The number of ether oxygens (including phenoxy) is 1. The van der Waals surface area contributed by atoms with E-state index in [1.165, 1.54) is 22.9 Å². The first kappa shape index (κ1) is 35.3. The lowest BCUT2D eigenvalue weighted by Gasteiger charge is -2.27. The summed E-state index contributed by atoms with van der Waals surface area (Å²) >= 11 is 0. The number of amides is 2. The Morgan fingerprint density at radius 1 is 1.00 bits per heavy atom. The van der Waals surface area contributed by atoms with Crippen LogP contribution >= 0.6 is 12.4 Å². The van der Waals surface area contributed by atoms with Crippen molar-refractivity contribution in [2.75, 3.05) is 36.5 Å². The zero-order valence-electron chi connectivity index (χ0n) is 26.0. The van der Waals surface area contributed by atoms with E-state index in [1.54, 1.807) is 79.8 Å². The van der Waals surface area contributed by atoms with Crippen molar-refractivity contribution in [3.63, 3.8) is 0 Å². The normalized spacial score (nSPS) is 15.4. The van der Waals surface area contributed by atoms with Gasteiger partial charge in [-0.25, -0.2) is 0 Å². The van der Waals surface area contributed by atoms with Crippen LogP contribution < -0.4 is 25.2 Å². The molecule has 0 fully saturated rings. The number of nitrogens with zero attached hydrogens (tertiary/aromatic N) is 3. The standard InChI is InChI=1S/C34H34F3N5O4.ClH/c1-21(38-3)16-39-28-19-42(32(44)24-14-12-23(13-15-24)22(2)43)30-11-7-6-10-29(30)41(33(28)45)18-26-25-8-4-5-9-27(25)40-17-31(26)46-20-34(35,36)37;/h4-15,17,21,28,38-39H,16,18-20H2,1-3H3;1H/t21-,28-;/m0./s1. The maximum atomic E-state index is 14.4. The Hall–Kier alpha value is -4.52. The van der Waals surface area contributed by atoms with Crippen LogP contribution in [0.2, 0.25) is 0 Å². The van der Waals surface area contributed by atoms with Gasteiger partial charge in [0, 0.05) is 34.7 Å². The van der Waals surface area contributed by atoms with Crippen LogP contribution in [0.4, 0.5) is 24.5 Å². The Labute approximate surface area is 276 Å². The number of para-hydroxylation sites is 3. The number of carbonyl (C=O) groups is 3. The highest BCUT2D eigenvalue weighted by Crippen LogP contribution is 2.37. The predicted octanol–water partition coefficient (Wildman–Crippen LogP) is 5.56. The Morgan fingerprint density at radius 2 is 1.64 bits per heavy atom. The van der Waals surface area contributed by atoms with E-state index in [0.717, 1.165) is 0 Å². The van der Waals surface area contributed by atoms with Gasteiger partial charge in [-0.3, -0.25) is 19.4 Å². The zero-order chi connectivity index (χ0) is 33.0. The van der Waals surface area contributed by atoms with Crippen LogP contribution in [0, 0.1) is 0 Å². The molecule has 0 saturated carbocycles. The number of hydrogen-bond acceptors (Lipinski definition) is 7. The molecule has 0 bridgehead atoms. The minimum atomic E-state index is -4.59. The van der Waals surface area contributed by atoms with Crippen molar-refractivity contribution in [2.24, 2.45) is 0 Å². The zero-order valence-corrected chi connectivity index (χ0v) is 26.8. The number of carbonyl (C=O) groups excluding carboxylic acids is 3.